The Kier molecular flexibility index (Phi) is 5.76. The van der Waals surface area contributed by atoms with Crippen LogP contribution < -0.4 is 20.1 Å². The minimum absolute atomic E-state index is 0.510. The van der Waals surface area contributed by atoms with Gasteiger partial charge in [0, 0.05) is 23.5 Å². The lowest BCUT2D eigenvalue weighted by Gasteiger charge is -2.12. The van der Waals surface area contributed by atoms with Crippen LogP contribution in [0.3, 0.4) is 0 Å². The first kappa shape index (κ1) is 18.5. The quantitative estimate of drug-likeness (QED) is 0.607. The number of aromatic nitrogens is 2. The van der Waals surface area contributed by atoms with Crippen LogP contribution in [0.1, 0.15) is 25.3 Å². The van der Waals surface area contributed by atoms with Crippen molar-refractivity contribution < 1.29 is 9.47 Å². The topological polar surface area (TPSA) is 68.3 Å². The molecule has 2 aromatic carbocycles. The zero-order valence-corrected chi connectivity index (χ0v) is 16.0. The molecule has 0 saturated carbocycles. The van der Waals surface area contributed by atoms with E-state index in [0.717, 1.165) is 11.4 Å². The summed E-state index contributed by atoms with van der Waals surface area (Å²) in [6, 6.07) is 15.8. The van der Waals surface area contributed by atoms with E-state index in [1.807, 2.05) is 24.3 Å². The molecule has 0 atom stereocenters. The van der Waals surface area contributed by atoms with E-state index in [0.29, 0.717) is 29.1 Å². The van der Waals surface area contributed by atoms with E-state index in [1.165, 1.54) is 11.9 Å². The van der Waals surface area contributed by atoms with Crippen molar-refractivity contribution in [3.8, 4) is 11.5 Å². The molecule has 0 aliphatic heterocycles. The fourth-order valence-corrected chi connectivity index (χ4v) is 2.66. The molecule has 1 aromatic heterocycles. The molecule has 3 aromatic rings. The Balaban J connectivity index is 1.73. The van der Waals surface area contributed by atoms with E-state index in [1.54, 1.807) is 14.2 Å². The molecule has 27 heavy (non-hydrogen) atoms. The summed E-state index contributed by atoms with van der Waals surface area (Å²) >= 11 is 0. The zero-order valence-electron chi connectivity index (χ0n) is 16.0. The number of ether oxygens (including phenoxy) is 2. The van der Waals surface area contributed by atoms with Gasteiger partial charge in [-0.1, -0.05) is 26.0 Å². The van der Waals surface area contributed by atoms with E-state index in [2.05, 4.69) is 58.7 Å². The molecule has 0 fully saturated rings. The molecular formula is C21H24N4O2. The lowest BCUT2D eigenvalue weighted by Crippen LogP contribution is -1.99. The zero-order chi connectivity index (χ0) is 19.2. The second-order valence-electron chi connectivity index (χ2n) is 6.38. The summed E-state index contributed by atoms with van der Waals surface area (Å²) in [5.74, 6) is 3.23. The Hall–Kier alpha value is -3.28. The second-order valence-corrected chi connectivity index (χ2v) is 6.38. The fraction of sp³-hybridized carbons (Fsp3) is 0.238. The van der Waals surface area contributed by atoms with Gasteiger partial charge in [-0.25, -0.2) is 9.97 Å². The number of nitrogens with one attached hydrogen (secondary N) is 2. The maximum absolute atomic E-state index is 5.33. The molecule has 0 aliphatic rings. The van der Waals surface area contributed by atoms with Gasteiger partial charge < -0.3 is 20.1 Å². The van der Waals surface area contributed by atoms with Crippen LogP contribution in [0.25, 0.3) is 0 Å². The number of benzene rings is 2. The third kappa shape index (κ3) is 4.67. The molecule has 0 aliphatic carbocycles. The summed E-state index contributed by atoms with van der Waals surface area (Å²) < 4.78 is 10.6. The SMILES string of the molecule is COc1ccc(Nc2cc(Nc3ccc(C(C)C)cc3)ncn2)cc1OC. The molecule has 6 heteroatoms. The Morgan fingerprint density at radius 1 is 0.741 bits per heavy atom. The summed E-state index contributed by atoms with van der Waals surface area (Å²) in [5, 5.41) is 6.55. The van der Waals surface area contributed by atoms with Crippen molar-refractivity contribution >= 4 is 23.0 Å². The molecule has 1 heterocycles. The summed E-state index contributed by atoms with van der Waals surface area (Å²) in [7, 11) is 3.22. The van der Waals surface area contributed by atoms with Gasteiger partial charge >= 0.3 is 0 Å². The second kappa shape index (κ2) is 8.40. The van der Waals surface area contributed by atoms with Gasteiger partial charge in [-0.2, -0.15) is 0 Å². The highest BCUT2D eigenvalue weighted by atomic mass is 16.5. The van der Waals surface area contributed by atoms with Crippen molar-refractivity contribution in [2.45, 2.75) is 19.8 Å². The van der Waals surface area contributed by atoms with Gasteiger partial charge in [0.1, 0.15) is 18.0 Å². The minimum Gasteiger partial charge on any atom is -0.493 e. The van der Waals surface area contributed by atoms with Gasteiger partial charge in [0.25, 0.3) is 0 Å². The standard InChI is InChI=1S/C21H24N4O2/c1-14(2)15-5-7-16(8-6-15)24-20-12-21(23-13-22-20)25-17-9-10-18(26-3)19(11-17)27-4/h5-14H,1-4H3,(H2,22,23,24,25). The van der Waals surface area contributed by atoms with Crippen molar-refractivity contribution in [1.29, 1.82) is 0 Å². The van der Waals surface area contributed by atoms with Gasteiger partial charge in [0.05, 0.1) is 14.2 Å². The lowest BCUT2D eigenvalue weighted by atomic mass is 10.0. The molecule has 0 bridgehead atoms. The number of rotatable bonds is 7. The van der Waals surface area contributed by atoms with Gasteiger partial charge in [0.2, 0.25) is 0 Å². The monoisotopic (exact) mass is 364 g/mol. The normalized spacial score (nSPS) is 10.6. The first-order chi connectivity index (χ1) is 13.1. The largest absolute Gasteiger partial charge is 0.493 e. The van der Waals surface area contributed by atoms with Crippen LogP contribution in [0.5, 0.6) is 11.5 Å². The van der Waals surface area contributed by atoms with Crippen LogP contribution in [0, 0.1) is 0 Å². The highest BCUT2D eigenvalue weighted by Crippen LogP contribution is 2.31. The number of hydrogen-bond donors (Lipinski definition) is 2. The smallest absolute Gasteiger partial charge is 0.162 e. The Morgan fingerprint density at radius 2 is 1.33 bits per heavy atom. The third-order valence-electron chi connectivity index (χ3n) is 4.17. The maximum atomic E-state index is 5.33. The highest BCUT2D eigenvalue weighted by Gasteiger charge is 2.06. The average Bonchev–Trinajstić information content (AvgIpc) is 2.68. The number of anilines is 4. The molecule has 2 N–H and O–H groups in total. The number of methoxy groups -OCH3 is 2. The van der Waals surface area contributed by atoms with E-state index in [-0.39, 0.29) is 0 Å². The van der Waals surface area contributed by atoms with E-state index < -0.39 is 0 Å². The van der Waals surface area contributed by atoms with E-state index >= 15 is 0 Å². The number of nitrogens with zero attached hydrogens (tertiary/aromatic N) is 2. The fourth-order valence-electron chi connectivity index (χ4n) is 2.66. The highest BCUT2D eigenvalue weighted by molar-refractivity contribution is 5.65. The van der Waals surface area contributed by atoms with Gasteiger partial charge in [-0.3, -0.25) is 0 Å². The van der Waals surface area contributed by atoms with Crippen molar-refractivity contribution in [2.24, 2.45) is 0 Å². The summed E-state index contributed by atoms with van der Waals surface area (Å²) in [5.41, 5.74) is 3.13. The van der Waals surface area contributed by atoms with E-state index in [4.69, 9.17) is 9.47 Å². The molecule has 140 valence electrons. The summed E-state index contributed by atoms with van der Waals surface area (Å²) in [6.45, 7) is 4.36. The lowest BCUT2D eigenvalue weighted by molar-refractivity contribution is 0.355. The molecule has 0 radical (unpaired) electrons. The third-order valence-corrected chi connectivity index (χ3v) is 4.17. The molecule has 0 amide bonds. The molecule has 0 spiro atoms. The van der Waals surface area contributed by atoms with Crippen molar-refractivity contribution in [3.63, 3.8) is 0 Å². The maximum Gasteiger partial charge on any atom is 0.162 e. The van der Waals surface area contributed by atoms with Crippen molar-refractivity contribution in [3.05, 3.63) is 60.4 Å². The van der Waals surface area contributed by atoms with Gasteiger partial charge in [-0.05, 0) is 35.7 Å². The number of hydrogen-bond acceptors (Lipinski definition) is 6. The average molecular weight is 364 g/mol. The minimum atomic E-state index is 0.510. The van der Waals surface area contributed by atoms with Crippen LogP contribution in [-0.2, 0) is 0 Å². The first-order valence-corrected chi connectivity index (χ1v) is 8.77. The van der Waals surface area contributed by atoms with Gasteiger partial charge in [-0.15, -0.1) is 0 Å². The Bertz CT molecular complexity index is 895. The van der Waals surface area contributed by atoms with Gasteiger partial charge in [0.15, 0.2) is 11.5 Å². The molecule has 0 saturated heterocycles. The van der Waals surface area contributed by atoms with E-state index in [9.17, 15) is 0 Å². The predicted molar refractivity (Wildman–Crippen MR) is 109 cm³/mol. The van der Waals surface area contributed by atoms with Crippen molar-refractivity contribution in [1.82, 2.24) is 9.97 Å². The summed E-state index contributed by atoms with van der Waals surface area (Å²) in [6.07, 6.45) is 1.52. The van der Waals surface area contributed by atoms with Crippen LogP contribution in [-0.4, -0.2) is 24.2 Å². The predicted octanol–water partition coefficient (Wildman–Crippen LogP) is 5.10. The van der Waals surface area contributed by atoms with Crippen LogP contribution in [0.15, 0.2) is 54.9 Å². The Morgan fingerprint density at radius 3 is 1.93 bits per heavy atom. The summed E-state index contributed by atoms with van der Waals surface area (Å²) in [4.78, 5) is 8.57. The molecule has 3 rings (SSSR count). The Labute approximate surface area is 159 Å². The first-order valence-electron chi connectivity index (χ1n) is 8.77. The van der Waals surface area contributed by atoms with Crippen LogP contribution in [0.2, 0.25) is 0 Å². The van der Waals surface area contributed by atoms with Crippen LogP contribution >= 0.6 is 0 Å². The molecule has 6 nitrogen and oxygen atoms in total. The molecular weight excluding hydrogens is 340 g/mol. The van der Waals surface area contributed by atoms with Crippen LogP contribution in [0.4, 0.5) is 23.0 Å². The molecule has 0 unspecified atom stereocenters. The van der Waals surface area contributed by atoms with Crippen molar-refractivity contribution in [2.75, 3.05) is 24.9 Å².